The van der Waals surface area contributed by atoms with Gasteiger partial charge < -0.3 is 45.4 Å². The molecule has 15 rings (SSSR count). The maximum Gasteiger partial charge on any atom is 0.338 e. The maximum absolute atomic E-state index is 15.3. The number of nitrogens with zero attached hydrogens (tertiary/aromatic N) is 5. The number of esters is 1. The third-order valence-electron chi connectivity index (χ3n) is 25.9. The summed E-state index contributed by atoms with van der Waals surface area (Å²) in [6.07, 6.45) is 26.1. The molecule has 3 aliphatic heterocycles. The van der Waals surface area contributed by atoms with Crippen LogP contribution in [-0.4, -0.2) is 140 Å². The Bertz CT molecular complexity index is 5330. The first-order chi connectivity index (χ1) is 58.4. The number of aryl methyl sites for hydroxylation is 3. The lowest BCUT2D eigenvalue weighted by Gasteiger charge is -2.31. The van der Waals surface area contributed by atoms with E-state index in [0.717, 1.165) is 165 Å². The molecule has 9 atom stereocenters. The van der Waals surface area contributed by atoms with Crippen molar-refractivity contribution >= 4 is 87.8 Å². The maximum atomic E-state index is 15.3. The number of carbonyl (C=O) groups is 7. The number of hydrogen-bond donors (Lipinski definition) is 5. The molecule has 6 aromatic carbocycles. The molecule has 3 saturated carbocycles. The van der Waals surface area contributed by atoms with Crippen LogP contribution in [-0.2, 0) is 65.6 Å². The Morgan fingerprint density at radius 2 is 0.658 bits per heavy atom. The van der Waals surface area contributed by atoms with Gasteiger partial charge in [-0.05, 0) is 207 Å². The average molecular weight is 1610 g/mol. The summed E-state index contributed by atoms with van der Waals surface area (Å²) in [5.74, 6) is -4.43. The van der Waals surface area contributed by atoms with Crippen LogP contribution in [0.3, 0.4) is 0 Å². The molecule has 18 heteroatoms. The van der Waals surface area contributed by atoms with Gasteiger partial charge in [0.15, 0.2) is 0 Å². The fourth-order valence-corrected chi connectivity index (χ4v) is 18.8. The molecule has 3 aromatic heterocycles. The fourth-order valence-electron chi connectivity index (χ4n) is 18.8. The number of nitrogens with one attached hydrogen (secondary N) is 5. The van der Waals surface area contributed by atoms with Crippen LogP contribution in [0, 0.1) is 17.8 Å². The van der Waals surface area contributed by atoms with Gasteiger partial charge in [-0.3, -0.25) is 28.8 Å². The van der Waals surface area contributed by atoms with E-state index in [1.54, 1.807) is 48.0 Å². The largest absolute Gasteiger partial charge is 0.459 e. The monoisotopic (exact) mass is 1610 g/mol. The zero-order valence-corrected chi connectivity index (χ0v) is 70.3. The van der Waals surface area contributed by atoms with Crippen molar-refractivity contribution in [3.63, 3.8) is 0 Å². The lowest BCUT2D eigenvalue weighted by atomic mass is 10.00. The minimum atomic E-state index is -1.35. The zero-order valence-electron chi connectivity index (χ0n) is 70.3. The van der Waals surface area contributed by atoms with Gasteiger partial charge in [0.25, 0.3) is 0 Å². The van der Waals surface area contributed by atoms with Gasteiger partial charge in [0.05, 0.1) is 28.3 Å². The molecule has 3 aliphatic carbocycles. The fraction of sp³-hybridized carbons (Fsp3) is 0.382. The van der Waals surface area contributed by atoms with Crippen LogP contribution in [0.25, 0.3) is 90.9 Å². The highest BCUT2D eigenvalue weighted by Crippen LogP contribution is 2.41. The number of benzene rings is 6. The van der Waals surface area contributed by atoms with Crippen molar-refractivity contribution in [3.05, 3.63) is 238 Å². The first-order valence-electron chi connectivity index (χ1n) is 44.0. The van der Waals surface area contributed by atoms with Gasteiger partial charge in [-0.25, -0.2) is 14.8 Å². The van der Waals surface area contributed by atoms with Gasteiger partial charge in [0.2, 0.25) is 35.4 Å². The van der Waals surface area contributed by atoms with Crippen LogP contribution >= 0.6 is 0 Å². The highest BCUT2D eigenvalue weighted by Gasteiger charge is 2.43. The molecule has 5 N–H and O–H groups in total. The summed E-state index contributed by atoms with van der Waals surface area (Å²) in [5.41, 5.74) is 19.8. The molecule has 620 valence electrons. The summed E-state index contributed by atoms with van der Waals surface area (Å²) in [5, 5.41) is 9.30. The Morgan fingerprint density at radius 1 is 0.358 bits per heavy atom. The number of aromatic amines is 2. The van der Waals surface area contributed by atoms with E-state index in [4.69, 9.17) is 14.7 Å². The van der Waals surface area contributed by atoms with Crippen molar-refractivity contribution in [2.45, 2.75) is 205 Å². The summed E-state index contributed by atoms with van der Waals surface area (Å²) in [4.78, 5) is 128. The smallest absolute Gasteiger partial charge is 0.338 e. The summed E-state index contributed by atoms with van der Waals surface area (Å²) >= 11 is 0. The highest BCUT2D eigenvalue weighted by molar-refractivity contribution is 6.01. The average Bonchev–Trinajstić information content (AvgIpc) is 1.61. The normalized spacial score (nSPS) is 21.1. The number of fused-ring (bicyclic) bond motifs is 14. The number of unbranched alkanes of at least 4 members (excludes halogenated alkanes) is 6. The number of likely N-dealkylation sites (N-methyl/N-ethyl adjacent to an activating group) is 3. The molecular formula is C102H114N10O8. The molecule has 0 radical (unpaired) electrons. The molecule has 0 unspecified atom stereocenters. The molecule has 18 nitrogen and oxygen atoms in total. The van der Waals surface area contributed by atoms with Gasteiger partial charge in [0, 0.05) is 114 Å². The highest BCUT2D eigenvalue weighted by atomic mass is 16.5. The van der Waals surface area contributed by atoms with Crippen molar-refractivity contribution < 1.29 is 38.3 Å². The SMILES string of the molecule is CCCCCc1ccc(-c2c3nc(c(-c4ccc(CCCCC)cc4)c4ccc([nH]4)c(-c4ccc(C(=O)OC[C@@H]5NC(=O)[C@H]6CC[C@H](C6)N(C)C(=O)[C@H](Cc6ccccc6)NC(=O)[C@H]6CC[C@H](C6)N(C)C(=O)[C@H](Cc6ccccc6)NC(=O)[C@@H]6CC[C@@H](C6)N(C)C5=O)cc4)c4nc(c(-c5ccc(CCCCC)cc5)c5ccc2[nH]5)C=C4)C=C3)cc1. The first-order valence-corrected chi connectivity index (χ1v) is 44.0. The van der Waals surface area contributed by atoms with E-state index in [1.807, 2.05) is 72.8 Å². The van der Waals surface area contributed by atoms with Crippen LogP contribution in [0.1, 0.15) is 197 Å². The van der Waals surface area contributed by atoms with Crippen LogP contribution in [0.2, 0.25) is 0 Å². The van der Waals surface area contributed by atoms with Gasteiger partial charge in [0.1, 0.15) is 24.7 Å². The second-order valence-corrected chi connectivity index (χ2v) is 34.0. The summed E-state index contributed by atoms with van der Waals surface area (Å²) in [6.45, 7) is 6.19. The third-order valence-corrected chi connectivity index (χ3v) is 25.9. The molecule has 0 spiro atoms. The second-order valence-electron chi connectivity index (χ2n) is 34.0. The Hall–Kier alpha value is -11.8. The van der Waals surface area contributed by atoms with Gasteiger partial charge in [-0.2, -0.15) is 0 Å². The van der Waals surface area contributed by atoms with Gasteiger partial charge in [-0.1, -0.05) is 205 Å². The summed E-state index contributed by atoms with van der Waals surface area (Å²) in [6, 6.07) is 57.3. The second kappa shape index (κ2) is 38.5. The van der Waals surface area contributed by atoms with Crippen LogP contribution in [0.4, 0.5) is 0 Å². The minimum absolute atomic E-state index is 0.204. The van der Waals surface area contributed by atoms with Crippen molar-refractivity contribution in [3.8, 4) is 44.5 Å². The first kappa shape index (κ1) is 83.3. The zero-order chi connectivity index (χ0) is 83.3. The Labute approximate surface area is 705 Å². The number of aromatic nitrogens is 4. The quantitative estimate of drug-likeness (QED) is 0.0300. The number of amides is 6. The lowest BCUT2D eigenvalue weighted by molar-refractivity contribution is -0.140. The van der Waals surface area contributed by atoms with E-state index in [0.29, 0.717) is 50.6 Å². The van der Waals surface area contributed by atoms with E-state index < -0.39 is 66.3 Å². The Balaban J connectivity index is 0.768. The number of H-pyrrole nitrogens is 2. The molecule has 4 fully saturated rings. The molecule has 120 heavy (non-hydrogen) atoms. The van der Waals surface area contributed by atoms with Gasteiger partial charge >= 0.3 is 5.97 Å². The van der Waals surface area contributed by atoms with E-state index in [9.17, 15) is 28.8 Å². The van der Waals surface area contributed by atoms with E-state index in [1.165, 1.54) is 23.1 Å². The van der Waals surface area contributed by atoms with Crippen LogP contribution < -0.4 is 16.0 Å². The molecule has 6 aliphatic rings. The minimum Gasteiger partial charge on any atom is -0.459 e. The Morgan fingerprint density at radius 3 is 0.975 bits per heavy atom. The van der Waals surface area contributed by atoms with Crippen molar-refractivity contribution in [1.29, 1.82) is 0 Å². The van der Waals surface area contributed by atoms with Crippen molar-refractivity contribution in [1.82, 2.24) is 50.6 Å². The molecule has 9 aromatic rings. The predicted octanol–water partition coefficient (Wildman–Crippen LogP) is 18.5. The molecular weight excluding hydrogens is 1490 g/mol. The van der Waals surface area contributed by atoms with Crippen LogP contribution in [0.5, 0.6) is 0 Å². The number of carbonyl (C=O) groups excluding carboxylic acids is 7. The number of ether oxygens (including phenoxy) is 1. The number of rotatable bonds is 23. The number of hydrogen-bond acceptors (Lipinski definition) is 10. The molecule has 14 bridgehead atoms. The van der Waals surface area contributed by atoms with Crippen molar-refractivity contribution in [2.75, 3.05) is 27.7 Å². The van der Waals surface area contributed by atoms with Crippen molar-refractivity contribution in [2.24, 2.45) is 17.8 Å². The van der Waals surface area contributed by atoms with E-state index in [2.05, 4.69) is 168 Å². The van der Waals surface area contributed by atoms with E-state index >= 15 is 4.79 Å². The van der Waals surface area contributed by atoms with Crippen LogP contribution in [0.15, 0.2) is 182 Å². The molecule has 6 heterocycles. The van der Waals surface area contributed by atoms with E-state index in [-0.39, 0.29) is 67.0 Å². The standard InChI is InChI=1S/C102H114N10O8/c1-7-10-15-22-65-29-35-70(36-30-65)92-81-51-53-83(103-81)93(71-37-31-66(32-38-71)23-16-11-8-2)85-55-57-87(105-85)95(88-58-56-86(106-88)94(84-54-52-82(92)104-84)72-39-33-67(34-40-72)24-17-12-9-3)73-41-43-74(44-42-73)102(119)120-64-91-101(118)112(6)80-50-46-76(62-80)97(114)108-89(59-68-25-18-13-19-26-68)99(116)110(4)78-48-45-75(61-78)96(113)107-90(60-69-27-20-14-21-28-69)100(117)111(5)79-49-47-77(63-79)98(115)109-91/h13-14,18-21,25-44,51-58,75-80,89-91,103,106H,7-12,15-17,22-24,45-50,59-64H2,1-6H3,(H,107,113)(H,108,114)(H,109,115)/t75-,76+,77-,78+,79+,80-,89-,90-,91-/m0/s1. The Kier molecular flexibility index (Phi) is 26.7. The predicted molar refractivity (Wildman–Crippen MR) is 478 cm³/mol. The molecule has 6 amide bonds. The lowest BCUT2D eigenvalue weighted by Crippen LogP contribution is -2.54. The summed E-state index contributed by atoms with van der Waals surface area (Å²) in [7, 11) is 5.12. The summed E-state index contributed by atoms with van der Waals surface area (Å²) < 4.78 is 6.19. The topological polar surface area (TPSA) is 232 Å². The third kappa shape index (κ3) is 19.2. The molecule has 1 saturated heterocycles. The van der Waals surface area contributed by atoms with Gasteiger partial charge in [-0.15, -0.1) is 0 Å².